The van der Waals surface area contributed by atoms with E-state index >= 15 is 0 Å². The van der Waals surface area contributed by atoms with Gasteiger partial charge < -0.3 is 4.74 Å². The number of aryl methyl sites for hydroxylation is 1. The summed E-state index contributed by atoms with van der Waals surface area (Å²) < 4.78 is 6.11. The number of nitrogens with zero attached hydrogens (tertiary/aromatic N) is 4. The van der Waals surface area contributed by atoms with Gasteiger partial charge in [0.2, 0.25) is 5.13 Å². The first-order chi connectivity index (χ1) is 14.9. The Morgan fingerprint density at radius 1 is 1.16 bits per heavy atom. The first-order valence-corrected chi connectivity index (χ1v) is 10.7. The molecule has 156 valence electrons. The van der Waals surface area contributed by atoms with Crippen LogP contribution in [0.15, 0.2) is 59.7 Å². The molecular formula is C21H16N4O4S2. The fourth-order valence-electron chi connectivity index (χ4n) is 2.74. The highest BCUT2D eigenvalue weighted by Gasteiger charge is 2.21. The molecule has 4 rings (SSSR count). The summed E-state index contributed by atoms with van der Waals surface area (Å²) in [6.07, 6.45) is 1.43. The van der Waals surface area contributed by atoms with E-state index in [0.29, 0.717) is 26.8 Å². The highest BCUT2D eigenvalue weighted by molar-refractivity contribution is 7.22. The molecule has 2 aromatic carbocycles. The van der Waals surface area contributed by atoms with Crippen molar-refractivity contribution in [1.82, 2.24) is 4.98 Å². The SMILES string of the molecule is COc1ccc2nc(N(/N=C/c3ccc([N+](=O)[O-])s3)C(=O)c3ccc(C)cc3)sc2c1. The summed E-state index contributed by atoms with van der Waals surface area (Å²) in [5, 5.41) is 16.9. The van der Waals surface area contributed by atoms with Crippen molar-refractivity contribution in [2.75, 3.05) is 12.1 Å². The molecule has 0 unspecified atom stereocenters. The first-order valence-electron chi connectivity index (χ1n) is 9.08. The molecule has 0 aliphatic rings. The van der Waals surface area contributed by atoms with Crippen molar-refractivity contribution in [3.8, 4) is 5.75 Å². The van der Waals surface area contributed by atoms with Gasteiger partial charge >= 0.3 is 5.00 Å². The number of rotatable bonds is 6. The maximum atomic E-state index is 13.2. The zero-order valence-corrected chi connectivity index (χ0v) is 18.1. The second-order valence-electron chi connectivity index (χ2n) is 6.49. The van der Waals surface area contributed by atoms with Gasteiger partial charge in [0.1, 0.15) is 5.75 Å². The Balaban J connectivity index is 1.74. The third-order valence-corrected chi connectivity index (χ3v) is 6.31. The number of aromatic nitrogens is 1. The number of methoxy groups -OCH3 is 1. The minimum absolute atomic E-state index is 0.00458. The largest absolute Gasteiger partial charge is 0.497 e. The summed E-state index contributed by atoms with van der Waals surface area (Å²) in [4.78, 5) is 28.8. The highest BCUT2D eigenvalue weighted by atomic mass is 32.1. The smallest absolute Gasteiger partial charge is 0.324 e. The third-order valence-electron chi connectivity index (χ3n) is 4.35. The molecule has 0 atom stereocenters. The molecule has 31 heavy (non-hydrogen) atoms. The van der Waals surface area contributed by atoms with Crippen LogP contribution in [-0.2, 0) is 0 Å². The molecule has 0 bridgehead atoms. The van der Waals surface area contributed by atoms with Gasteiger partial charge in [-0.1, -0.05) is 40.4 Å². The number of thiophene rings is 1. The number of nitro groups is 1. The van der Waals surface area contributed by atoms with Crippen LogP contribution in [-0.4, -0.2) is 29.1 Å². The minimum Gasteiger partial charge on any atom is -0.497 e. The zero-order valence-electron chi connectivity index (χ0n) is 16.5. The van der Waals surface area contributed by atoms with E-state index < -0.39 is 4.92 Å². The normalized spacial score (nSPS) is 11.2. The van der Waals surface area contributed by atoms with E-state index in [0.717, 1.165) is 21.6 Å². The topological polar surface area (TPSA) is 97.9 Å². The van der Waals surface area contributed by atoms with E-state index in [1.165, 1.54) is 28.6 Å². The number of carbonyl (C=O) groups excluding carboxylic acids is 1. The second kappa shape index (κ2) is 8.62. The number of ether oxygens (including phenoxy) is 1. The van der Waals surface area contributed by atoms with E-state index in [9.17, 15) is 14.9 Å². The van der Waals surface area contributed by atoms with Gasteiger partial charge in [-0.05, 0) is 43.3 Å². The van der Waals surface area contributed by atoms with Crippen molar-refractivity contribution >= 4 is 55.1 Å². The lowest BCUT2D eigenvalue weighted by molar-refractivity contribution is -0.380. The average Bonchev–Trinajstić information content (AvgIpc) is 3.41. The molecule has 2 heterocycles. The molecule has 0 radical (unpaired) electrons. The Morgan fingerprint density at radius 2 is 1.94 bits per heavy atom. The number of hydrogen-bond donors (Lipinski definition) is 0. The maximum Gasteiger partial charge on any atom is 0.324 e. The number of amides is 1. The van der Waals surface area contributed by atoms with Gasteiger partial charge in [0, 0.05) is 11.6 Å². The van der Waals surface area contributed by atoms with Crippen LogP contribution >= 0.6 is 22.7 Å². The Labute approximate surface area is 185 Å². The molecule has 0 spiro atoms. The van der Waals surface area contributed by atoms with Gasteiger partial charge in [-0.3, -0.25) is 14.9 Å². The lowest BCUT2D eigenvalue weighted by Crippen LogP contribution is -2.25. The Kier molecular flexibility index (Phi) is 5.74. The average molecular weight is 453 g/mol. The quantitative estimate of drug-likeness (QED) is 0.226. The number of hydrazone groups is 1. The van der Waals surface area contributed by atoms with Crippen LogP contribution in [0, 0.1) is 17.0 Å². The van der Waals surface area contributed by atoms with Gasteiger partial charge in [0.15, 0.2) is 0 Å². The Bertz CT molecular complexity index is 1290. The predicted octanol–water partition coefficient (Wildman–Crippen LogP) is 5.26. The molecule has 1 amide bonds. The number of benzene rings is 2. The first kappa shape index (κ1) is 20.6. The van der Waals surface area contributed by atoms with Gasteiger partial charge in [0.25, 0.3) is 5.91 Å². The van der Waals surface area contributed by atoms with Crippen LogP contribution in [0.1, 0.15) is 20.8 Å². The van der Waals surface area contributed by atoms with Gasteiger partial charge in [-0.2, -0.15) is 10.1 Å². The molecule has 0 fully saturated rings. The van der Waals surface area contributed by atoms with Crippen LogP contribution < -0.4 is 9.75 Å². The van der Waals surface area contributed by atoms with Gasteiger partial charge in [0.05, 0.1) is 33.3 Å². The minimum atomic E-state index is -0.460. The summed E-state index contributed by atoms with van der Waals surface area (Å²) in [5.41, 5.74) is 2.20. The third kappa shape index (κ3) is 4.44. The van der Waals surface area contributed by atoms with Gasteiger partial charge in [-0.25, -0.2) is 4.98 Å². The van der Waals surface area contributed by atoms with E-state index in [1.54, 1.807) is 31.4 Å². The Morgan fingerprint density at radius 3 is 2.61 bits per heavy atom. The summed E-state index contributed by atoms with van der Waals surface area (Å²) >= 11 is 2.28. The van der Waals surface area contributed by atoms with Crippen molar-refractivity contribution in [2.24, 2.45) is 5.10 Å². The van der Waals surface area contributed by atoms with E-state index in [4.69, 9.17) is 4.74 Å². The molecular weight excluding hydrogens is 436 g/mol. The van der Waals surface area contributed by atoms with Gasteiger partial charge in [-0.15, -0.1) is 0 Å². The fraction of sp³-hybridized carbons (Fsp3) is 0.0952. The maximum absolute atomic E-state index is 13.2. The summed E-state index contributed by atoms with van der Waals surface area (Å²) in [7, 11) is 1.58. The van der Waals surface area contributed by atoms with Crippen molar-refractivity contribution in [3.63, 3.8) is 0 Å². The second-order valence-corrected chi connectivity index (χ2v) is 8.59. The standard InChI is InChI=1S/C21H16N4O4S2/c1-13-3-5-14(6-4-13)20(26)24(22-12-16-8-10-19(30-16)25(27)28)21-23-17-9-7-15(29-2)11-18(17)31-21/h3-12H,1-2H3/b22-12+. The van der Waals surface area contributed by atoms with Crippen LogP contribution in [0.4, 0.5) is 10.1 Å². The van der Waals surface area contributed by atoms with Crippen molar-refractivity contribution < 1.29 is 14.5 Å². The van der Waals surface area contributed by atoms with E-state index in [1.807, 2.05) is 31.2 Å². The number of fused-ring (bicyclic) bond motifs is 1. The predicted molar refractivity (Wildman–Crippen MR) is 123 cm³/mol. The van der Waals surface area contributed by atoms with Crippen molar-refractivity contribution in [3.05, 3.63) is 80.7 Å². The van der Waals surface area contributed by atoms with Crippen molar-refractivity contribution in [1.29, 1.82) is 0 Å². The molecule has 0 aliphatic carbocycles. The highest BCUT2D eigenvalue weighted by Crippen LogP contribution is 2.32. The number of carbonyl (C=O) groups is 1. The molecule has 8 nitrogen and oxygen atoms in total. The zero-order chi connectivity index (χ0) is 22.0. The number of thiazole rings is 1. The molecule has 4 aromatic rings. The van der Waals surface area contributed by atoms with E-state index in [2.05, 4.69) is 10.1 Å². The Hall–Kier alpha value is -3.63. The summed E-state index contributed by atoms with van der Waals surface area (Å²) in [6, 6.07) is 15.6. The van der Waals surface area contributed by atoms with Crippen LogP contribution in [0.25, 0.3) is 10.2 Å². The summed E-state index contributed by atoms with van der Waals surface area (Å²) in [5.74, 6) is 0.335. The molecule has 10 heteroatoms. The molecule has 0 N–H and O–H groups in total. The van der Waals surface area contributed by atoms with E-state index in [-0.39, 0.29) is 10.9 Å². The molecule has 0 aliphatic heterocycles. The fourth-order valence-corrected chi connectivity index (χ4v) is 4.38. The lowest BCUT2D eigenvalue weighted by Gasteiger charge is -2.13. The number of anilines is 1. The molecule has 2 aromatic heterocycles. The van der Waals surface area contributed by atoms with Crippen molar-refractivity contribution in [2.45, 2.75) is 6.92 Å². The van der Waals surface area contributed by atoms with Crippen LogP contribution in [0.5, 0.6) is 5.75 Å². The van der Waals surface area contributed by atoms with Crippen LogP contribution in [0.3, 0.4) is 0 Å². The molecule has 0 saturated heterocycles. The molecule has 0 saturated carbocycles. The lowest BCUT2D eigenvalue weighted by atomic mass is 10.1. The van der Waals surface area contributed by atoms with Crippen LogP contribution in [0.2, 0.25) is 0 Å². The summed E-state index contributed by atoms with van der Waals surface area (Å²) in [6.45, 7) is 1.94. The number of hydrogen-bond acceptors (Lipinski definition) is 8. The monoisotopic (exact) mass is 452 g/mol.